The molecule has 3 rings (SSSR count). The number of benzene rings is 1. The van der Waals surface area contributed by atoms with Gasteiger partial charge in [0.25, 0.3) is 0 Å². The van der Waals surface area contributed by atoms with Gasteiger partial charge in [-0.2, -0.15) is 5.10 Å². The summed E-state index contributed by atoms with van der Waals surface area (Å²) in [5.74, 6) is -0.106. The van der Waals surface area contributed by atoms with Gasteiger partial charge in [0.05, 0.1) is 16.4 Å². The van der Waals surface area contributed by atoms with Crippen LogP contribution in [0, 0.1) is 13.8 Å². The number of hydrogen-bond donors (Lipinski definition) is 1. The molecule has 1 amide bonds. The zero-order valence-electron chi connectivity index (χ0n) is 13.7. The standard InChI is InChI=1S/C17H16Cl2N4OS/c1-10-7-11(2)23(22-10)6-5-16(24)21-17-20-15(9-25-17)13-8-12(18)3-4-14(13)19/h3-4,7-9H,5-6H2,1-2H3,(H,20,21,24). The minimum absolute atomic E-state index is 0.106. The Morgan fingerprint density at radius 2 is 2.08 bits per heavy atom. The molecule has 130 valence electrons. The van der Waals surface area contributed by atoms with Gasteiger partial charge in [0.2, 0.25) is 5.91 Å². The first-order valence-electron chi connectivity index (χ1n) is 7.64. The van der Waals surface area contributed by atoms with E-state index >= 15 is 0 Å². The van der Waals surface area contributed by atoms with Crippen LogP contribution >= 0.6 is 34.5 Å². The van der Waals surface area contributed by atoms with Crippen molar-refractivity contribution < 1.29 is 4.79 Å². The lowest BCUT2D eigenvalue weighted by atomic mass is 10.2. The molecule has 0 atom stereocenters. The van der Waals surface area contributed by atoms with E-state index in [-0.39, 0.29) is 5.91 Å². The molecule has 0 fully saturated rings. The second kappa shape index (κ2) is 7.56. The smallest absolute Gasteiger partial charge is 0.228 e. The number of halogens is 2. The van der Waals surface area contributed by atoms with Crippen LogP contribution in [-0.4, -0.2) is 20.7 Å². The lowest BCUT2D eigenvalue weighted by Gasteiger charge is -2.04. The fourth-order valence-electron chi connectivity index (χ4n) is 2.44. The highest BCUT2D eigenvalue weighted by Gasteiger charge is 2.12. The van der Waals surface area contributed by atoms with Gasteiger partial charge in [-0.1, -0.05) is 23.2 Å². The van der Waals surface area contributed by atoms with E-state index in [9.17, 15) is 4.79 Å². The monoisotopic (exact) mass is 394 g/mol. The topological polar surface area (TPSA) is 59.8 Å². The molecule has 1 N–H and O–H groups in total. The number of rotatable bonds is 5. The summed E-state index contributed by atoms with van der Waals surface area (Å²) >= 11 is 13.5. The van der Waals surface area contributed by atoms with E-state index in [1.165, 1.54) is 11.3 Å². The quantitative estimate of drug-likeness (QED) is 0.664. The van der Waals surface area contributed by atoms with Crippen molar-refractivity contribution in [2.75, 3.05) is 5.32 Å². The first kappa shape index (κ1) is 17.9. The summed E-state index contributed by atoms with van der Waals surface area (Å²) in [6, 6.07) is 7.19. The molecule has 2 aromatic heterocycles. The summed E-state index contributed by atoms with van der Waals surface area (Å²) in [6.07, 6.45) is 0.328. The highest BCUT2D eigenvalue weighted by atomic mass is 35.5. The second-order valence-electron chi connectivity index (χ2n) is 5.61. The molecule has 0 unspecified atom stereocenters. The van der Waals surface area contributed by atoms with Crippen molar-refractivity contribution in [2.45, 2.75) is 26.8 Å². The predicted octanol–water partition coefficient (Wildman–Crippen LogP) is 4.96. The van der Waals surface area contributed by atoms with Gasteiger partial charge in [0, 0.05) is 34.6 Å². The van der Waals surface area contributed by atoms with Crippen LogP contribution in [0.1, 0.15) is 17.8 Å². The van der Waals surface area contributed by atoms with Crippen molar-refractivity contribution in [3.63, 3.8) is 0 Å². The van der Waals surface area contributed by atoms with Gasteiger partial charge in [-0.3, -0.25) is 9.48 Å². The summed E-state index contributed by atoms with van der Waals surface area (Å²) in [4.78, 5) is 16.6. The molecule has 0 saturated carbocycles. The van der Waals surface area contributed by atoms with Gasteiger partial charge in [-0.15, -0.1) is 11.3 Å². The van der Waals surface area contributed by atoms with E-state index < -0.39 is 0 Å². The number of thiazole rings is 1. The molecule has 0 spiro atoms. The molecule has 8 heteroatoms. The number of amides is 1. The average Bonchev–Trinajstić information content (AvgIpc) is 3.14. The number of anilines is 1. The SMILES string of the molecule is Cc1cc(C)n(CCC(=O)Nc2nc(-c3cc(Cl)ccc3Cl)cs2)n1. The summed E-state index contributed by atoms with van der Waals surface area (Å²) in [6.45, 7) is 4.44. The average molecular weight is 395 g/mol. The zero-order chi connectivity index (χ0) is 18.0. The van der Waals surface area contributed by atoms with Crippen LogP contribution in [0.25, 0.3) is 11.3 Å². The second-order valence-corrected chi connectivity index (χ2v) is 7.31. The lowest BCUT2D eigenvalue weighted by molar-refractivity contribution is -0.116. The van der Waals surface area contributed by atoms with Gasteiger partial charge in [0.15, 0.2) is 5.13 Å². The molecule has 1 aromatic carbocycles. The highest BCUT2D eigenvalue weighted by molar-refractivity contribution is 7.14. The van der Waals surface area contributed by atoms with Crippen LogP contribution in [0.4, 0.5) is 5.13 Å². The van der Waals surface area contributed by atoms with Crippen LogP contribution < -0.4 is 5.32 Å². The summed E-state index contributed by atoms with van der Waals surface area (Å²) in [7, 11) is 0. The van der Waals surface area contributed by atoms with Crippen LogP contribution in [0.3, 0.4) is 0 Å². The van der Waals surface area contributed by atoms with Crippen LogP contribution in [0.2, 0.25) is 10.0 Å². The first-order valence-corrected chi connectivity index (χ1v) is 9.28. The van der Waals surface area contributed by atoms with E-state index in [0.29, 0.717) is 33.8 Å². The van der Waals surface area contributed by atoms with E-state index in [4.69, 9.17) is 23.2 Å². The predicted molar refractivity (Wildman–Crippen MR) is 103 cm³/mol. The molecule has 0 aliphatic rings. The third-order valence-electron chi connectivity index (χ3n) is 3.61. The third-order valence-corrected chi connectivity index (χ3v) is 4.93. The highest BCUT2D eigenvalue weighted by Crippen LogP contribution is 2.32. The number of hydrogen-bond acceptors (Lipinski definition) is 4. The molecule has 5 nitrogen and oxygen atoms in total. The molecule has 0 bridgehead atoms. The van der Waals surface area contributed by atoms with Crippen molar-refractivity contribution in [2.24, 2.45) is 0 Å². The van der Waals surface area contributed by atoms with Crippen molar-refractivity contribution in [3.05, 3.63) is 51.1 Å². The maximum absolute atomic E-state index is 12.1. The van der Waals surface area contributed by atoms with E-state index in [1.54, 1.807) is 18.2 Å². The molecule has 2 heterocycles. The third kappa shape index (κ3) is 4.39. The molecular formula is C17H16Cl2N4OS. The molecule has 0 radical (unpaired) electrons. The Balaban J connectivity index is 1.64. The Bertz CT molecular complexity index is 919. The molecule has 0 aliphatic heterocycles. The molecule has 0 aliphatic carbocycles. The van der Waals surface area contributed by atoms with Crippen LogP contribution in [0.5, 0.6) is 0 Å². The van der Waals surface area contributed by atoms with Gasteiger partial charge in [-0.05, 0) is 38.1 Å². The fraction of sp³-hybridized carbons (Fsp3) is 0.235. The Hall–Kier alpha value is -1.89. The number of carbonyl (C=O) groups is 1. The number of nitrogens with one attached hydrogen (secondary N) is 1. The molecular weight excluding hydrogens is 379 g/mol. The molecule has 3 aromatic rings. The van der Waals surface area contributed by atoms with Crippen LogP contribution in [-0.2, 0) is 11.3 Å². The summed E-state index contributed by atoms with van der Waals surface area (Å²) in [5.41, 5.74) is 3.42. The van der Waals surface area contributed by atoms with Crippen molar-refractivity contribution in [3.8, 4) is 11.3 Å². The van der Waals surface area contributed by atoms with Gasteiger partial charge in [-0.25, -0.2) is 4.98 Å². The van der Waals surface area contributed by atoms with E-state index in [2.05, 4.69) is 15.4 Å². The Labute approximate surface area is 159 Å². The van der Waals surface area contributed by atoms with E-state index in [1.807, 2.05) is 30.0 Å². The van der Waals surface area contributed by atoms with Crippen molar-refractivity contribution in [1.82, 2.24) is 14.8 Å². The van der Waals surface area contributed by atoms with Gasteiger partial charge >= 0.3 is 0 Å². The number of carbonyl (C=O) groups excluding carboxylic acids is 1. The lowest BCUT2D eigenvalue weighted by Crippen LogP contribution is -2.15. The molecule has 0 saturated heterocycles. The minimum atomic E-state index is -0.106. The first-order chi connectivity index (χ1) is 11.9. The van der Waals surface area contributed by atoms with Gasteiger partial charge < -0.3 is 5.32 Å². The summed E-state index contributed by atoms with van der Waals surface area (Å²) in [5, 5.41) is 10.7. The van der Waals surface area contributed by atoms with Crippen LogP contribution in [0.15, 0.2) is 29.6 Å². The van der Waals surface area contributed by atoms with Crippen molar-refractivity contribution >= 4 is 45.6 Å². The Kier molecular flexibility index (Phi) is 5.42. The number of aromatic nitrogens is 3. The fourth-order valence-corrected chi connectivity index (χ4v) is 3.55. The van der Waals surface area contributed by atoms with Gasteiger partial charge in [0.1, 0.15) is 0 Å². The minimum Gasteiger partial charge on any atom is -0.302 e. The Morgan fingerprint density at radius 1 is 1.28 bits per heavy atom. The number of nitrogens with zero attached hydrogens (tertiary/aromatic N) is 3. The normalized spacial score (nSPS) is 10.9. The van der Waals surface area contributed by atoms with Crippen molar-refractivity contribution in [1.29, 1.82) is 0 Å². The maximum atomic E-state index is 12.1. The zero-order valence-corrected chi connectivity index (χ0v) is 16.0. The number of aryl methyl sites for hydroxylation is 3. The molecule has 25 heavy (non-hydrogen) atoms. The van der Waals surface area contributed by atoms with E-state index in [0.717, 1.165) is 17.0 Å². The summed E-state index contributed by atoms with van der Waals surface area (Å²) < 4.78 is 1.83. The largest absolute Gasteiger partial charge is 0.302 e. The Morgan fingerprint density at radius 3 is 2.80 bits per heavy atom. The maximum Gasteiger partial charge on any atom is 0.228 e.